The fourth-order valence-electron chi connectivity index (χ4n) is 7.02. The number of hydrogen-bond donors (Lipinski definition) is 1. The minimum atomic E-state index is 0.124. The van der Waals surface area contributed by atoms with E-state index in [1.54, 1.807) is 11.8 Å². The van der Waals surface area contributed by atoms with Crippen molar-refractivity contribution in [2.24, 2.45) is 17.8 Å². The van der Waals surface area contributed by atoms with Gasteiger partial charge in [-0.1, -0.05) is 24.6 Å². The molecule has 5 saturated carbocycles. The number of nitrogens with one attached hydrogen (secondary N) is 1. The van der Waals surface area contributed by atoms with Gasteiger partial charge in [-0.15, -0.1) is 0 Å². The summed E-state index contributed by atoms with van der Waals surface area (Å²) in [5.74, 6) is 3.34. The molecular weight excluding hydrogens is 354 g/mol. The highest BCUT2D eigenvalue weighted by molar-refractivity contribution is 7.99. The lowest BCUT2D eigenvalue weighted by atomic mass is 9.53. The Morgan fingerprint density at radius 3 is 2.30 bits per heavy atom. The molecule has 0 saturated heterocycles. The Morgan fingerprint density at radius 2 is 1.70 bits per heavy atom. The quantitative estimate of drug-likeness (QED) is 0.739. The van der Waals surface area contributed by atoms with Gasteiger partial charge in [0.2, 0.25) is 5.91 Å². The zero-order chi connectivity index (χ0) is 18.6. The first kappa shape index (κ1) is 18.1. The molecule has 0 unspecified atom stereocenters. The van der Waals surface area contributed by atoms with E-state index in [9.17, 15) is 4.79 Å². The molecule has 5 heteroatoms. The summed E-state index contributed by atoms with van der Waals surface area (Å²) in [7, 11) is 0. The van der Waals surface area contributed by atoms with Crippen molar-refractivity contribution in [2.45, 2.75) is 94.8 Å². The third-order valence-corrected chi connectivity index (χ3v) is 8.77. The summed E-state index contributed by atoms with van der Waals surface area (Å²) in [4.78, 5) is 17.7. The van der Waals surface area contributed by atoms with Crippen molar-refractivity contribution >= 4 is 17.7 Å². The minimum absolute atomic E-state index is 0.124. The van der Waals surface area contributed by atoms with Crippen LogP contribution in [-0.4, -0.2) is 26.8 Å². The van der Waals surface area contributed by atoms with Crippen LogP contribution in [0.1, 0.15) is 81.6 Å². The maximum Gasteiger partial charge on any atom is 0.230 e. The Balaban J connectivity index is 1.24. The molecule has 5 aliphatic rings. The molecule has 5 aliphatic carbocycles. The molecule has 1 heterocycles. The largest absolute Gasteiger partial charge is 0.350 e. The summed E-state index contributed by atoms with van der Waals surface area (Å²) in [6.07, 6.45) is 13.1. The standard InChI is InChI=1S/C22H33N3OS/c1-14-15(2)25(19-5-3-4-6-19)21(23-14)27-13-20(26)24-22-10-16-7-17(11-22)9-18(8-16)12-22/h16-19H,3-13H2,1-2H3,(H,24,26). The van der Waals surface area contributed by atoms with Crippen LogP contribution in [0, 0.1) is 31.6 Å². The van der Waals surface area contributed by atoms with Crippen LogP contribution in [0.15, 0.2) is 5.16 Å². The summed E-state index contributed by atoms with van der Waals surface area (Å²) in [5, 5.41) is 4.56. The number of aryl methyl sites for hydroxylation is 1. The van der Waals surface area contributed by atoms with Gasteiger partial charge in [-0.05, 0) is 83.0 Å². The van der Waals surface area contributed by atoms with Gasteiger partial charge in [0.25, 0.3) is 0 Å². The Hall–Kier alpha value is -0.970. The van der Waals surface area contributed by atoms with E-state index in [0.29, 0.717) is 11.8 Å². The van der Waals surface area contributed by atoms with Gasteiger partial charge in [-0.25, -0.2) is 4.98 Å². The van der Waals surface area contributed by atoms with E-state index in [4.69, 9.17) is 4.98 Å². The third-order valence-electron chi connectivity index (χ3n) is 7.82. The van der Waals surface area contributed by atoms with Crippen LogP contribution in [0.3, 0.4) is 0 Å². The van der Waals surface area contributed by atoms with E-state index in [-0.39, 0.29) is 11.4 Å². The Kier molecular flexibility index (Phi) is 4.57. The first-order valence-electron chi connectivity index (χ1n) is 11.0. The van der Waals surface area contributed by atoms with Crippen molar-refractivity contribution in [2.75, 3.05) is 5.75 Å². The van der Waals surface area contributed by atoms with Gasteiger partial charge in [0.1, 0.15) is 0 Å². The number of rotatable bonds is 5. The number of nitrogens with zero attached hydrogens (tertiary/aromatic N) is 2. The highest BCUT2D eigenvalue weighted by atomic mass is 32.2. The van der Waals surface area contributed by atoms with Crippen molar-refractivity contribution in [3.63, 3.8) is 0 Å². The van der Waals surface area contributed by atoms with E-state index in [1.165, 1.54) is 69.9 Å². The number of imidazole rings is 1. The smallest absolute Gasteiger partial charge is 0.230 e. The maximum atomic E-state index is 12.9. The second-order valence-electron chi connectivity index (χ2n) is 9.91. The maximum absolute atomic E-state index is 12.9. The number of thioether (sulfide) groups is 1. The van der Waals surface area contributed by atoms with Gasteiger partial charge in [-0.2, -0.15) is 0 Å². The highest BCUT2D eigenvalue weighted by Crippen LogP contribution is 2.55. The molecule has 6 rings (SSSR count). The first-order chi connectivity index (χ1) is 13.0. The first-order valence-corrected chi connectivity index (χ1v) is 12.0. The SMILES string of the molecule is Cc1nc(SCC(=O)NC23CC4CC(CC(C4)C2)C3)n(C2CCCC2)c1C. The summed E-state index contributed by atoms with van der Waals surface area (Å²) in [5.41, 5.74) is 2.52. The summed E-state index contributed by atoms with van der Waals surface area (Å²) < 4.78 is 2.42. The van der Waals surface area contributed by atoms with E-state index < -0.39 is 0 Å². The monoisotopic (exact) mass is 387 g/mol. The molecule has 1 amide bonds. The van der Waals surface area contributed by atoms with Crippen LogP contribution in [0.4, 0.5) is 0 Å². The molecule has 4 nitrogen and oxygen atoms in total. The average Bonchev–Trinajstić information content (AvgIpc) is 3.20. The zero-order valence-electron chi connectivity index (χ0n) is 16.8. The van der Waals surface area contributed by atoms with Crippen molar-refractivity contribution in [1.29, 1.82) is 0 Å². The molecule has 0 spiro atoms. The molecule has 0 aliphatic heterocycles. The van der Waals surface area contributed by atoms with Crippen LogP contribution in [-0.2, 0) is 4.79 Å². The van der Waals surface area contributed by atoms with E-state index in [0.717, 1.165) is 28.6 Å². The Bertz CT molecular complexity index is 699. The number of aromatic nitrogens is 2. The molecule has 0 radical (unpaired) electrons. The Morgan fingerprint density at radius 1 is 1.11 bits per heavy atom. The van der Waals surface area contributed by atoms with Crippen molar-refractivity contribution in [3.05, 3.63) is 11.4 Å². The van der Waals surface area contributed by atoms with Gasteiger partial charge >= 0.3 is 0 Å². The van der Waals surface area contributed by atoms with Crippen molar-refractivity contribution < 1.29 is 4.79 Å². The molecule has 4 bridgehead atoms. The zero-order valence-corrected chi connectivity index (χ0v) is 17.6. The molecule has 148 valence electrons. The highest BCUT2D eigenvalue weighted by Gasteiger charge is 2.51. The average molecular weight is 388 g/mol. The molecule has 27 heavy (non-hydrogen) atoms. The molecule has 0 aromatic carbocycles. The lowest BCUT2D eigenvalue weighted by Gasteiger charge is -2.56. The second kappa shape index (κ2) is 6.82. The fraction of sp³-hybridized carbons (Fsp3) is 0.818. The van der Waals surface area contributed by atoms with Gasteiger partial charge in [0, 0.05) is 17.3 Å². The molecule has 1 N–H and O–H groups in total. The predicted molar refractivity (Wildman–Crippen MR) is 109 cm³/mol. The van der Waals surface area contributed by atoms with Crippen molar-refractivity contribution in [1.82, 2.24) is 14.9 Å². The number of carbonyl (C=O) groups excluding carboxylic acids is 1. The van der Waals surface area contributed by atoms with Crippen LogP contribution in [0.2, 0.25) is 0 Å². The fourth-order valence-corrected chi connectivity index (χ4v) is 7.97. The van der Waals surface area contributed by atoms with Gasteiger partial charge in [0.15, 0.2) is 5.16 Å². The number of amides is 1. The number of hydrogen-bond acceptors (Lipinski definition) is 3. The molecule has 1 aromatic rings. The normalized spacial score (nSPS) is 35.1. The summed E-state index contributed by atoms with van der Waals surface area (Å²) >= 11 is 1.65. The van der Waals surface area contributed by atoms with Crippen LogP contribution in [0.5, 0.6) is 0 Å². The topological polar surface area (TPSA) is 46.9 Å². The van der Waals surface area contributed by atoms with Gasteiger partial charge < -0.3 is 9.88 Å². The van der Waals surface area contributed by atoms with Crippen LogP contribution < -0.4 is 5.32 Å². The van der Waals surface area contributed by atoms with E-state index >= 15 is 0 Å². The van der Waals surface area contributed by atoms with Crippen molar-refractivity contribution in [3.8, 4) is 0 Å². The molecule has 0 atom stereocenters. The summed E-state index contributed by atoms with van der Waals surface area (Å²) in [6, 6.07) is 0.583. The van der Waals surface area contributed by atoms with Gasteiger partial charge in [0.05, 0.1) is 11.4 Å². The van der Waals surface area contributed by atoms with Crippen LogP contribution in [0.25, 0.3) is 0 Å². The van der Waals surface area contributed by atoms with E-state index in [2.05, 4.69) is 23.7 Å². The lowest BCUT2D eigenvalue weighted by Crippen LogP contribution is -2.60. The Labute approximate surface area is 167 Å². The van der Waals surface area contributed by atoms with E-state index in [1.807, 2.05) is 0 Å². The van der Waals surface area contributed by atoms with Gasteiger partial charge in [-0.3, -0.25) is 4.79 Å². The predicted octanol–water partition coefficient (Wildman–Crippen LogP) is 4.79. The summed E-state index contributed by atoms with van der Waals surface area (Å²) in [6.45, 7) is 4.28. The number of carbonyl (C=O) groups is 1. The molecular formula is C22H33N3OS. The van der Waals surface area contributed by atoms with Crippen LogP contribution >= 0.6 is 11.8 Å². The lowest BCUT2D eigenvalue weighted by molar-refractivity contribution is -0.124. The molecule has 1 aromatic heterocycles. The second-order valence-corrected chi connectivity index (χ2v) is 10.9. The minimum Gasteiger partial charge on any atom is -0.350 e. The third kappa shape index (κ3) is 3.34. The molecule has 5 fully saturated rings.